The maximum Gasteiger partial charge on any atom is 0.213 e. The number of aromatic amines is 1. The summed E-state index contributed by atoms with van der Waals surface area (Å²) in [6.07, 6.45) is 3.21. The lowest BCUT2D eigenvalue weighted by Crippen LogP contribution is -2.44. The summed E-state index contributed by atoms with van der Waals surface area (Å²) in [7, 11) is -3.63. The molecule has 0 aromatic carbocycles. The molecule has 0 amide bonds. The zero-order chi connectivity index (χ0) is 24.4. The summed E-state index contributed by atoms with van der Waals surface area (Å²) < 4.78 is 56.2. The van der Waals surface area contributed by atoms with Crippen molar-refractivity contribution in [2.75, 3.05) is 17.6 Å². The maximum atomic E-state index is 14.9. The highest BCUT2D eigenvalue weighted by atomic mass is 32.2. The molecule has 3 aromatic heterocycles. The van der Waals surface area contributed by atoms with Gasteiger partial charge in [-0.1, -0.05) is 27.7 Å². The molecule has 0 saturated heterocycles. The normalized spacial score (nSPS) is 13.1. The van der Waals surface area contributed by atoms with Crippen LogP contribution in [0.4, 0.5) is 14.6 Å². The molecule has 3 rings (SSSR count). The molecule has 0 saturated carbocycles. The SMILES string of the molecule is CCCNS(=O)(=O)C[C@@H](Nc1nc(-c2c[nH]c3ncc(F)cc23)c(C#N)cc1F)C(C)(C)C. The van der Waals surface area contributed by atoms with E-state index in [0.29, 0.717) is 29.6 Å². The summed E-state index contributed by atoms with van der Waals surface area (Å²) in [5, 5.41) is 12.8. The Morgan fingerprint density at radius 1 is 1.27 bits per heavy atom. The Hall–Kier alpha value is -3.10. The molecule has 176 valence electrons. The lowest BCUT2D eigenvalue weighted by atomic mass is 9.88. The van der Waals surface area contributed by atoms with Crippen LogP contribution in [0.1, 0.15) is 39.7 Å². The van der Waals surface area contributed by atoms with Crippen LogP contribution in [-0.4, -0.2) is 41.7 Å². The molecule has 0 aliphatic heterocycles. The number of H-pyrrole nitrogens is 1. The second-order valence-electron chi connectivity index (χ2n) is 8.82. The van der Waals surface area contributed by atoms with Crippen LogP contribution in [0.25, 0.3) is 22.3 Å². The van der Waals surface area contributed by atoms with Crippen LogP contribution < -0.4 is 10.0 Å². The van der Waals surface area contributed by atoms with Crippen LogP contribution in [-0.2, 0) is 10.0 Å². The Bertz CT molecular complexity index is 1310. The lowest BCUT2D eigenvalue weighted by molar-refractivity contribution is 0.357. The summed E-state index contributed by atoms with van der Waals surface area (Å²) in [5.41, 5.74) is 0.266. The second kappa shape index (κ2) is 9.41. The van der Waals surface area contributed by atoms with E-state index in [4.69, 9.17) is 0 Å². The van der Waals surface area contributed by atoms with Gasteiger partial charge in [0.25, 0.3) is 0 Å². The average molecular weight is 477 g/mol. The molecule has 33 heavy (non-hydrogen) atoms. The molecular formula is C22H26F2N6O2S. The molecule has 0 spiro atoms. The minimum Gasteiger partial charge on any atom is -0.363 e. The van der Waals surface area contributed by atoms with E-state index in [0.717, 1.165) is 12.3 Å². The van der Waals surface area contributed by atoms with Gasteiger partial charge in [0, 0.05) is 29.7 Å². The van der Waals surface area contributed by atoms with Crippen molar-refractivity contribution in [1.29, 1.82) is 5.26 Å². The molecule has 11 heteroatoms. The number of sulfonamides is 1. The first-order valence-electron chi connectivity index (χ1n) is 10.4. The van der Waals surface area contributed by atoms with Crippen LogP contribution in [0.5, 0.6) is 0 Å². The van der Waals surface area contributed by atoms with E-state index in [1.165, 1.54) is 12.3 Å². The molecule has 0 fully saturated rings. The number of halogens is 2. The minimum absolute atomic E-state index is 0.0484. The number of anilines is 1. The van der Waals surface area contributed by atoms with Gasteiger partial charge in [0.05, 0.1) is 23.2 Å². The van der Waals surface area contributed by atoms with E-state index in [-0.39, 0.29) is 22.8 Å². The number of nitrogens with one attached hydrogen (secondary N) is 3. The number of pyridine rings is 2. The molecule has 3 N–H and O–H groups in total. The van der Waals surface area contributed by atoms with Gasteiger partial charge in [-0.05, 0) is 24.0 Å². The van der Waals surface area contributed by atoms with Crippen molar-refractivity contribution in [2.24, 2.45) is 5.41 Å². The zero-order valence-electron chi connectivity index (χ0n) is 18.8. The monoisotopic (exact) mass is 476 g/mol. The highest BCUT2D eigenvalue weighted by Gasteiger charge is 2.31. The molecule has 0 aliphatic carbocycles. The van der Waals surface area contributed by atoms with E-state index in [9.17, 15) is 22.5 Å². The Kier molecular flexibility index (Phi) is 7.00. The third-order valence-electron chi connectivity index (χ3n) is 5.16. The molecule has 0 unspecified atom stereocenters. The largest absolute Gasteiger partial charge is 0.363 e. The number of nitriles is 1. The van der Waals surface area contributed by atoms with Gasteiger partial charge in [0.1, 0.15) is 17.5 Å². The van der Waals surface area contributed by atoms with Crippen LogP contribution in [0.15, 0.2) is 24.5 Å². The molecule has 1 atom stereocenters. The van der Waals surface area contributed by atoms with Gasteiger partial charge < -0.3 is 10.3 Å². The second-order valence-corrected chi connectivity index (χ2v) is 10.7. The van der Waals surface area contributed by atoms with Crippen molar-refractivity contribution in [3.63, 3.8) is 0 Å². The predicted octanol–water partition coefficient (Wildman–Crippen LogP) is 3.93. The molecule has 0 aliphatic rings. The van der Waals surface area contributed by atoms with Gasteiger partial charge in [-0.3, -0.25) is 0 Å². The first-order valence-corrected chi connectivity index (χ1v) is 12.1. The summed E-state index contributed by atoms with van der Waals surface area (Å²) in [5.74, 6) is -1.87. The van der Waals surface area contributed by atoms with E-state index < -0.39 is 33.1 Å². The zero-order valence-corrected chi connectivity index (χ0v) is 19.6. The fourth-order valence-corrected chi connectivity index (χ4v) is 4.92. The molecule has 0 radical (unpaired) electrons. The summed E-state index contributed by atoms with van der Waals surface area (Å²) >= 11 is 0. The van der Waals surface area contributed by atoms with Crippen molar-refractivity contribution in [2.45, 2.75) is 40.2 Å². The van der Waals surface area contributed by atoms with Gasteiger partial charge in [-0.2, -0.15) is 5.26 Å². The number of fused-ring (bicyclic) bond motifs is 1. The van der Waals surface area contributed by atoms with Crippen LogP contribution >= 0.6 is 0 Å². The van der Waals surface area contributed by atoms with E-state index in [1.807, 2.05) is 33.8 Å². The van der Waals surface area contributed by atoms with Gasteiger partial charge in [-0.15, -0.1) is 0 Å². The number of rotatable bonds is 8. The van der Waals surface area contributed by atoms with E-state index in [1.54, 1.807) is 0 Å². The number of hydrogen-bond donors (Lipinski definition) is 3. The molecule has 3 aromatic rings. The van der Waals surface area contributed by atoms with Crippen LogP contribution in [0.3, 0.4) is 0 Å². The predicted molar refractivity (Wildman–Crippen MR) is 123 cm³/mol. The smallest absolute Gasteiger partial charge is 0.213 e. The fourth-order valence-electron chi connectivity index (χ4n) is 3.26. The molecule has 8 nitrogen and oxygen atoms in total. The summed E-state index contributed by atoms with van der Waals surface area (Å²) in [6.45, 7) is 7.65. The van der Waals surface area contributed by atoms with E-state index >= 15 is 0 Å². The standard InChI is InChI=1S/C22H26F2N6O2S/c1-5-6-28-33(31,32)12-18(22(2,3)4)29-21-17(24)7-13(9-25)19(30-21)16-11-27-20-15(16)8-14(23)10-26-20/h7-8,10-11,18,28H,5-6,12H2,1-4H3,(H,26,27)(H,29,30)/t18-/m1/s1. The van der Waals surface area contributed by atoms with Crippen LogP contribution in [0, 0.1) is 28.4 Å². The molecular weight excluding hydrogens is 450 g/mol. The highest BCUT2D eigenvalue weighted by Crippen LogP contribution is 2.32. The maximum absolute atomic E-state index is 14.9. The summed E-state index contributed by atoms with van der Waals surface area (Å²) in [4.78, 5) is 11.2. The van der Waals surface area contributed by atoms with Crippen LogP contribution in [0.2, 0.25) is 0 Å². The number of aromatic nitrogens is 3. The first-order chi connectivity index (χ1) is 15.4. The van der Waals surface area contributed by atoms with Crippen molar-refractivity contribution >= 4 is 26.9 Å². The minimum atomic E-state index is -3.63. The van der Waals surface area contributed by atoms with Crippen molar-refractivity contribution < 1.29 is 17.2 Å². The topological polar surface area (TPSA) is 124 Å². The first kappa shape index (κ1) is 24.5. The molecule has 0 bridgehead atoms. The van der Waals surface area contributed by atoms with Crippen molar-refractivity contribution in [1.82, 2.24) is 19.7 Å². The van der Waals surface area contributed by atoms with E-state index in [2.05, 4.69) is 25.0 Å². The van der Waals surface area contributed by atoms with Gasteiger partial charge in [0.2, 0.25) is 10.0 Å². The third-order valence-corrected chi connectivity index (χ3v) is 6.58. The Morgan fingerprint density at radius 3 is 2.64 bits per heavy atom. The fraction of sp³-hybridized carbons (Fsp3) is 0.409. The Balaban J connectivity index is 2.06. The number of nitrogens with zero attached hydrogens (tertiary/aromatic N) is 3. The molecule has 3 heterocycles. The Labute approximate surface area is 191 Å². The lowest BCUT2D eigenvalue weighted by Gasteiger charge is -2.32. The third kappa shape index (κ3) is 5.64. The van der Waals surface area contributed by atoms with Crippen molar-refractivity contribution in [3.8, 4) is 17.3 Å². The summed E-state index contributed by atoms with van der Waals surface area (Å²) in [6, 6.07) is 3.49. The highest BCUT2D eigenvalue weighted by molar-refractivity contribution is 7.89. The average Bonchev–Trinajstić information content (AvgIpc) is 3.14. The van der Waals surface area contributed by atoms with Crippen molar-refractivity contribution in [3.05, 3.63) is 41.7 Å². The van der Waals surface area contributed by atoms with Gasteiger partial charge in [-0.25, -0.2) is 31.9 Å². The Morgan fingerprint density at radius 2 is 2.00 bits per heavy atom. The van der Waals surface area contributed by atoms with Gasteiger partial charge >= 0.3 is 0 Å². The van der Waals surface area contributed by atoms with Gasteiger partial charge in [0.15, 0.2) is 11.6 Å². The quantitative estimate of drug-likeness (QED) is 0.453. The number of hydrogen-bond acceptors (Lipinski definition) is 6.